The lowest BCUT2D eigenvalue weighted by atomic mass is 10.1. The van der Waals surface area contributed by atoms with Crippen LogP contribution in [0.1, 0.15) is 33.6 Å². The summed E-state index contributed by atoms with van der Waals surface area (Å²) in [4.78, 5) is 18.4. The van der Waals surface area contributed by atoms with Gasteiger partial charge in [0.1, 0.15) is 23.0 Å². The van der Waals surface area contributed by atoms with E-state index in [4.69, 9.17) is 25.5 Å². The number of piperidine rings is 1. The summed E-state index contributed by atoms with van der Waals surface area (Å²) in [5.74, 6) is 1.33. The fraction of sp³-hybridized carbons (Fsp3) is 0.391. The molecule has 0 unspecified atom stereocenters. The van der Waals surface area contributed by atoms with Crippen molar-refractivity contribution in [1.29, 1.82) is 0 Å². The van der Waals surface area contributed by atoms with Gasteiger partial charge in [0.05, 0.1) is 0 Å². The number of carbonyl (C=O) groups excluding carboxylic acids is 1. The SMILES string of the molecule is CC(C)(C)OC(=O)N1CCC(Oc2ccc(-c3nc4cc(Cl)ccc4o3)cc2)CC1. The maximum absolute atomic E-state index is 12.2. The molecule has 4 rings (SSSR count). The quantitative estimate of drug-likeness (QED) is 0.517. The minimum absolute atomic E-state index is 0.0704. The van der Waals surface area contributed by atoms with Crippen LogP contribution in [-0.4, -0.2) is 40.8 Å². The first-order valence-electron chi connectivity index (χ1n) is 10.1. The second kappa shape index (κ2) is 8.19. The molecule has 2 aromatic carbocycles. The Labute approximate surface area is 180 Å². The van der Waals surface area contributed by atoms with Crippen LogP contribution in [0.15, 0.2) is 46.9 Å². The van der Waals surface area contributed by atoms with Crippen molar-refractivity contribution in [2.45, 2.75) is 45.3 Å². The van der Waals surface area contributed by atoms with Crippen molar-refractivity contribution in [2.75, 3.05) is 13.1 Å². The van der Waals surface area contributed by atoms with Gasteiger partial charge in [-0.1, -0.05) is 11.6 Å². The summed E-state index contributed by atoms with van der Waals surface area (Å²) in [6.07, 6.45) is 1.35. The van der Waals surface area contributed by atoms with Crippen molar-refractivity contribution in [1.82, 2.24) is 9.88 Å². The molecule has 30 heavy (non-hydrogen) atoms. The highest BCUT2D eigenvalue weighted by atomic mass is 35.5. The first-order chi connectivity index (χ1) is 14.3. The lowest BCUT2D eigenvalue weighted by molar-refractivity contribution is 0.0126. The van der Waals surface area contributed by atoms with Gasteiger partial charge < -0.3 is 18.8 Å². The second-order valence-corrected chi connectivity index (χ2v) is 8.88. The van der Waals surface area contributed by atoms with Gasteiger partial charge >= 0.3 is 6.09 Å². The molecule has 0 aliphatic carbocycles. The van der Waals surface area contributed by atoms with Crippen LogP contribution in [0.25, 0.3) is 22.6 Å². The van der Waals surface area contributed by atoms with Crippen LogP contribution >= 0.6 is 11.6 Å². The molecular formula is C23H25ClN2O4. The van der Waals surface area contributed by atoms with E-state index in [1.807, 2.05) is 51.1 Å². The number of aromatic nitrogens is 1. The molecule has 158 valence electrons. The molecule has 1 saturated heterocycles. The Morgan fingerprint density at radius 1 is 1.13 bits per heavy atom. The Morgan fingerprint density at radius 2 is 1.83 bits per heavy atom. The minimum atomic E-state index is -0.479. The number of carbonyl (C=O) groups is 1. The average Bonchev–Trinajstić information content (AvgIpc) is 3.11. The third-order valence-electron chi connectivity index (χ3n) is 4.85. The smallest absolute Gasteiger partial charge is 0.410 e. The van der Waals surface area contributed by atoms with Crippen molar-refractivity contribution in [3.63, 3.8) is 0 Å². The summed E-state index contributed by atoms with van der Waals surface area (Å²) in [6.45, 7) is 6.88. The first kappa shape index (κ1) is 20.5. The van der Waals surface area contributed by atoms with Crippen LogP contribution < -0.4 is 4.74 Å². The van der Waals surface area contributed by atoms with Crippen molar-refractivity contribution in [2.24, 2.45) is 0 Å². The van der Waals surface area contributed by atoms with Crippen molar-refractivity contribution in [3.8, 4) is 17.2 Å². The topological polar surface area (TPSA) is 64.8 Å². The number of nitrogens with zero attached hydrogens (tertiary/aromatic N) is 2. The highest BCUT2D eigenvalue weighted by molar-refractivity contribution is 6.31. The highest BCUT2D eigenvalue weighted by Gasteiger charge is 2.27. The molecule has 0 N–H and O–H groups in total. The summed E-state index contributed by atoms with van der Waals surface area (Å²) in [6, 6.07) is 13.1. The number of fused-ring (bicyclic) bond motifs is 1. The standard InChI is InChI=1S/C23H25ClN2O4/c1-23(2,3)30-22(27)26-12-10-18(11-13-26)28-17-7-4-15(5-8-17)21-25-19-14-16(24)6-9-20(19)29-21/h4-9,14,18H,10-13H2,1-3H3. The minimum Gasteiger partial charge on any atom is -0.490 e. The van der Waals surface area contributed by atoms with Gasteiger partial charge in [-0.25, -0.2) is 9.78 Å². The highest BCUT2D eigenvalue weighted by Crippen LogP contribution is 2.28. The van der Waals surface area contributed by atoms with E-state index >= 15 is 0 Å². The lowest BCUT2D eigenvalue weighted by Gasteiger charge is -2.33. The molecule has 2 heterocycles. The van der Waals surface area contributed by atoms with E-state index < -0.39 is 5.60 Å². The number of halogens is 1. The maximum Gasteiger partial charge on any atom is 0.410 e. The molecule has 0 bridgehead atoms. The molecular weight excluding hydrogens is 404 g/mol. The first-order valence-corrected chi connectivity index (χ1v) is 10.5. The molecule has 1 aromatic heterocycles. The summed E-state index contributed by atoms with van der Waals surface area (Å²) in [5, 5.41) is 0.629. The van der Waals surface area contributed by atoms with Gasteiger partial charge in [0.15, 0.2) is 5.58 Å². The largest absolute Gasteiger partial charge is 0.490 e. The summed E-state index contributed by atoms with van der Waals surface area (Å²) < 4.78 is 17.3. The number of rotatable bonds is 3. The van der Waals surface area contributed by atoms with E-state index in [1.165, 1.54) is 0 Å². The van der Waals surface area contributed by atoms with E-state index in [9.17, 15) is 4.79 Å². The Hall–Kier alpha value is -2.73. The molecule has 7 heteroatoms. The Bertz CT molecular complexity index is 1030. The van der Waals surface area contributed by atoms with E-state index in [-0.39, 0.29) is 12.2 Å². The van der Waals surface area contributed by atoms with Gasteiger partial charge in [0.2, 0.25) is 5.89 Å². The molecule has 1 amide bonds. The fourth-order valence-corrected chi connectivity index (χ4v) is 3.54. The number of amides is 1. The second-order valence-electron chi connectivity index (χ2n) is 8.44. The van der Waals surface area contributed by atoms with E-state index in [0.29, 0.717) is 29.6 Å². The van der Waals surface area contributed by atoms with E-state index in [1.54, 1.807) is 17.0 Å². The molecule has 0 radical (unpaired) electrons. The summed E-state index contributed by atoms with van der Waals surface area (Å²) in [5.41, 5.74) is 1.82. The van der Waals surface area contributed by atoms with Crippen LogP contribution in [0.4, 0.5) is 4.79 Å². The van der Waals surface area contributed by atoms with Gasteiger partial charge in [0.25, 0.3) is 0 Å². The van der Waals surface area contributed by atoms with Crippen LogP contribution in [0.5, 0.6) is 5.75 Å². The molecule has 1 aliphatic heterocycles. The van der Waals surface area contributed by atoms with Gasteiger partial charge in [-0.2, -0.15) is 0 Å². The summed E-state index contributed by atoms with van der Waals surface area (Å²) in [7, 11) is 0. The molecule has 1 aliphatic rings. The zero-order chi connectivity index (χ0) is 21.3. The average molecular weight is 429 g/mol. The number of benzene rings is 2. The molecule has 3 aromatic rings. The zero-order valence-corrected chi connectivity index (χ0v) is 18.1. The molecule has 1 fully saturated rings. The third kappa shape index (κ3) is 4.87. The molecule has 0 atom stereocenters. The molecule has 0 spiro atoms. The molecule has 0 saturated carbocycles. The Kier molecular flexibility index (Phi) is 5.60. The van der Waals surface area contributed by atoms with E-state index in [0.717, 1.165) is 29.7 Å². The van der Waals surface area contributed by atoms with Crippen LogP contribution in [0.3, 0.4) is 0 Å². The predicted molar refractivity (Wildman–Crippen MR) is 116 cm³/mol. The number of hydrogen-bond acceptors (Lipinski definition) is 5. The maximum atomic E-state index is 12.2. The predicted octanol–water partition coefficient (Wildman–Crippen LogP) is 5.93. The third-order valence-corrected chi connectivity index (χ3v) is 5.08. The fourth-order valence-electron chi connectivity index (χ4n) is 3.38. The van der Waals surface area contributed by atoms with Crippen molar-refractivity contribution >= 4 is 28.8 Å². The number of hydrogen-bond donors (Lipinski definition) is 0. The van der Waals surface area contributed by atoms with E-state index in [2.05, 4.69) is 4.98 Å². The number of oxazole rings is 1. The summed E-state index contributed by atoms with van der Waals surface area (Å²) >= 11 is 6.01. The zero-order valence-electron chi connectivity index (χ0n) is 17.4. The Morgan fingerprint density at radius 3 is 2.50 bits per heavy atom. The number of likely N-dealkylation sites (tertiary alicyclic amines) is 1. The Balaban J connectivity index is 1.34. The normalized spacial score (nSPS) is 15.4. The van der Waals surface area contributed by atoms with Gasteiger partial charge in [0, 0.05) is 36.5 Å². The van der Waals surface area contributed by atoms with Crippen molar-refractivity contribution in [3.05, 3.63) is 47.5 Å². The van der Waals surface area contributed by atoms with Gasteiger partial charge in [-0.3, -0.25) is 0 Å². The van der Waals surface area contributed by atoms with Crippen molar-refractivity contribution < 1.29 is 18.7 Å². The van der Waals surface area contributed by atoms with Crippen LogP contribution in [0.2, 0.25) is 5.02 Å². The monoisotopic (exact) mass is 428 g/mol. The molecule has 6 nitrogen and oxygen atoms in total. The van der Waals surface area contributed by atoms with Gasteiger partial charge in [-0.05, 0) is 63.2 Å². The lowest BCUT2D eigenvalue weighted by Crippen LogP contribution is -2.44. The van der Waals surface area contributed by atoms with Crippen LogP contribution in [0, 0.1) is 0 Å². The van der Waals surface area contributed by atoms with Gasteiger partial charge in [-0.15, -0.1) is 0 Å². The van der Waals surface area contributed by atoms with Crippen LogP contribution in [-0.2, 0) is 4.74 Å². The number of ether oxygens (including phenoxy) is 2.